The molecule has 0 aliphatic heterocycles. The van der Waals surface area contributed by atoms with Gasteiger partial charge in [-0.05, 0) is 31.2 Å². The van der Waals surface area contributed by atoms with Crippen LogP contribution in [0.5, 0.6) is 0 Å². The van der Waals surface area contributed by atoms with E-state index in [4.69, 9.17) is 5.73 Å². The van der Waals surface area contributed by atoms with Crippen LogP contribution in [0.1, 0.15) is 30.5 Å². The zero-order chi connectivity index (χ0) is 13.6. The van der Waals surface area contributed by atoms with Crippen LogP contribution in [0.25, 0.3) is 10.9 Å². The van der Waals surface area contributed by atoms with Gasteiger partial charge in [-0.3, -0.25) is 0 Å². The summed E-state index contributed by atoms with van der Waals surface area (Å²) in [5, 5.41) is -0.0976. The Bertz CT molecular complexity index is 668. The summed E-state index contributed by atoms with van der Waals surface area (Å²) >= 11 is 0. The summed E-state index contributed by atoms with van der Waals surface area (Å²) in [6.07, 6.45) is 4.31. The molecule has 1 heterocycles. The number of anilines is 1. The molecule has 0 amide bonds. The monoisotopic (exact) mass is 266 g/mol. The van der Waals surface area contributed by atoms with E-state index in [2.05, 4.69) is 4.98 Å². The van der Waals surface area contributed by atoms with Crippen LogP contribution in [-0.4, -0.2) is 4.98 Å². The normalized spacial score (nSPS) is 15.3. The van der Waals surface area contributed by atoms with Crippen LogP contribution in [0.2, 0.25) is 0 Å². The summed E-state index contributed by atoms with van der Waals surface area (Å²) in [4.78, 5) is 4.12. The lowest BCUT2D eigenvalue weighted by atomic mass is 10.0. The number of fused-ring (bicyclic) bond motifs is 2. The minimum absolute atomic E-state index is 0.0976. The molecule has 0 atom stereocenters. The number of nitrogens with zero attached hydrogens (tertiary/aromatic N) is 1. The Hall–Kier alpha value is -1.78. The Kier molecular flexibility index (Phi) is 2.84. The SMILES string of the molecule is Nc1c2c(nc3c(F)c(F)cc(F)c13)CCCCC2. The van der Waals surface area contributed by atoms with Crippen molar-refractivity contribution in [2.24, 2.45) is 0 Å². The van der Waals surface area contributed by atoms with Gasteiger partial charge in [0.15, 0.2) is 11.6 Å². The molecule has 1 aliphatic carbocycles. The highest BCUT2D eigenvalue weighted by atomic mass is 19.2. The number of pyridine rings is 1. The molecule has 0 fully saturated rings. The molecule has 0 bridgehead atoms. The van der Waals surface area contributed by atoms with E-state index in [0.29, 0.717) is 24.6 Å². The molecular formula is C14H13F3N2. The number of hydrogen-bond donors (Lipinski definition) is 1. The average molecular weight is 266 g/mol. The maximum Gasteiger partial charge on any atom is 0.185 e. The Balaban J connectivity index is 2.40. The van der Waals surface area contributed by atoms with E-state index in [1.807, 2.05) is 0 Å². The van der Waals surface area contributed by atoms with Gasteiger partial charge in [-0.1, -0.05) is 6.42 Å². The van der Waals surface area contributed by atoms with Crippen LogP contribution in [0.3, 0.4) is 0 Å². The molecule has 0 saturated heterocycles. The first kappa shape index (κ1) is 12.3. The molecule has 0 saturated carbocycles. The third-order valence-electron chi connectivity index (χ3n) is 3.68. The second-order valence-electron chi connectivity index (χ2n) is 4.89. The van der Waals surface area contributed by atoms with Crippen LogP contribution in [0, 0.1) is 17.5 Å². The largest absolute Gasteiger partial charge is 0.398 e. The van der Waals surface area contributed by atoms with E-state index in [9.17, 15) is 13.2 Å². The molecule has 0 spiro atoms. The van der Waals surface area contributed by atoms with E-state index >= 15 is 0 Å². The van der Waals surface area contributed by atoms with Crippen molar-refractivity contribution < 1.29 is 13.2 Å². The molecule has 3 rings (SSSR count). The number of aryl methyl sites for hydroxylation is 1. The fraction of sp³-hybridized carbons (Fsp3) is 0.357. The van der Waals surface area contributed by atoms with Gasteiger partial charge in [-0.15, -0.1) is 0 Å². The summed E-state index contributed by atoms with van der Waals surface area (Å²) in [7, 11) is 0. The average Bonchev–Trinajstić information content (AvgIpc) is 2.61. The molecule has 2 aromatic rings. The van der Waals surface area contributed by atoms with Gasteiger partial charge in [0.2, 0.25) is 0 Å². The van der Waals surface area contributed by atoms with Gasteiger partial charge in [-0.25, -0.2) is 18.2 Å². The zero-order valence-electron chi connectivity index (χ0n) is 10.3. The Labute approximate surface area is 108 Å². The van der Waals surface area contributed by atoms with Gasteiger partial charge in [0.25, 0.3) is 0 Å². The third-order valence-corrected chi connectivity index (χ3v) is 3.68. The summed E-state index contributed by atoms with van der Waals surface area (Å²) in [5.41, 5.74) is 7.33. The van der Waals surface area contributed by atoms with E-state index in [1.54, 1.807) is 0 Å². The Morgan fingerprint density at radius 1 is 1.00 bits per heavy atom. The van der Waals surface area contributed by atoms with Crippen molar-refractivity contribution in [3.05, 3.63) is 34.8 Å². The van der Waals surface area contributed by atoms with Gasteiger partial charge >= 0.3 is 0 Å². The van der Waals surface area contributed by atoms with Crippen LogP contribution >= 0.6 is 0 Å². The molecule has 2 nitrogen and oxygen atoms in total. The van der Waals surface area contributed by atoms with Gasteiger partial charge in [-0.2, -0.15) is 0 Å². The van der Waals surface area contributed by atoms with Crippen LogP contribution < -0.4 is 5.73 Å². The predicted octanol–water partition coefficient (Wildman–Crippen LogP) is 3.50. The lowest BCUT2D eigenvalue weighted by molar-refractivity contribution is 0.504. The first-order chi connectivity index (χ1) is 9.09. The topological polar surface area (TPSA) is 38.9 Å². The van der Waals surface area contributed by atoms with E-state index in [1.165, 1.54) is 0 Å². The van der Waals surface area contributed by atoms with E-state index in [-0.39, 0.29) is 16.6 Å². The van der Waals surface area contributed by atoms with Gasteiger partial charge < -0.3 is 5.73 Å². The Morgan fingerprint density at radius 2 is 1.74 bits per heavy atom. The molecule has 0 unspecified atom stereocenters. The molecular weight excluding hydrogens is 253 g/mol. The smallest absolute Gasteiger partial charge is 0.185 e. The molecule has 19 heavy (non-hydrogen) atoms. The molecule has 1 aromatic carbocycles. The van der Waals surface area contributed by atoms with Crippen LogP contribution in [0.15, 0.2) is 6.07 Å². The van der Waals surface area contributed by atoms with Crippen LogP contribution in [0.4, 0.5) is 18.9 Å². The fourth-order valence-corrected chi connectivity index (χ4v) is 2.71. The fourth-order valence-electron chi connectivity index (χ4n) is 2.71. The molecule has 0 radical (unpaired) electrons. The molecule has 1 aromatic heterocycles. The van der Waals surface area contributed by atoms with Crippen molar-refractivity contribution in [2.45, 2.75) is 32.1 Å². The summed E-state index contributed by atoms with van der Waals surface area (Å²) in [5.74, 6) is -3.22. The number of rotatable bonds is 0. The second kappa shape index (κ2) is 4.40. The molecule has 2 N–H and O–H groups in total. The summed E-state index contributed by atoms with van der Waals surface area (Å²) in [6, 6.07) is 0.527. The highest BCUT2D eigenvalue weighted by molar-refractivity contribution is 5.93. The number of hydrogen-bond acceptors (Lipinski definition) is 2. The molecule has 1 aliphatic rings. The van der Waals surface area contributed by atoms with Gasteiger partial charge in [0.1, 0.15) is 11.3 Å². The van der Waals surface area contributed by atoms with Crippen molar-refractivity contribution in [1.82, 2.24) is 4.98 Å². The highest BCUT2D eigenvalue weighted by Gasteiger charge is 2.21. The first-order valence-corrected chi connectivity index (χ1v) is 6.34. The summed E-state index contributed by atoms with van der Waals surface area (Å²) in [6.45, 7) is 0. The van der Waals surface area contributed by atoms with E-state index in [0.717, 1.165) is 24.8 Å². The maximum atomic E-state index is 13.8. The van der Waals surface area contributed by atoms with Crippen LogP contribution in [-0.2, 0) is 12.8 Å². The van der Waals surface area contributed by atoms with Crippen molar-refractivity contribution in [3.63, 3.8) is 0 Å². The number of aromatic nitrogens is 1. The maximum absolute atomic E-state index is 13.8. The van der Waals surface area contributed by atoms with Gasteiger partial charge in [0.05, 0.1) is 5.39 Å². The lowest BCUT2D eigenvalue weighted by Crippen LogP contribution is -2.06. The van der Waals surface area contributed by atoms with Crippen molar-refractivity contribution in [1.29, 1.82) is 0 Å². The van der Waals surface area contributed by atoms with Gasteiger partial charge in [0, 0.05) is 17.4 Å². The zero-order valence-corrected chi connectivity index (χ0v) is 10.3. The first-order valence-electron chi connectivity index (χ1n) is 6.34. The molecule has 100 valence electrons. The number of benzene rings is 1. The quantitative estimate of drug-likeness (QED) is 0.585. The Morgan fingerprint density at radius 3 is 2.53 bits per heavy atom. The minimum Gasteiger partial charge on any atom is -0.398 e. The van der Waals surface area contributed by atoms with Crippen molar-refractivity contribution in [2.75, 3.05) is 5.73 Å². The number of nitrogens with two attached hydrogens (primary N) is 1. The standard InChI is InChI=1S/C14H13F3N2/c15-8-6-9(16)12(17)14-11(8)13(18)7-4-2-1-3-5-10(7)19-14/h6H,1-5H2,(H2,18,19). The highest BCUT2D eigenvalue weighted by Crippen LogP contribution is 2.33. The van der Waals surface area contributed by atoms with Crippen molar-refractivity contribution >= 4 is 16.6 Å². The summed E-state index contributed by atoms with van der Waals surface area (Å²) < 4.78 is 40.9. The lowest BCUT2D eigenvalue weighted by Gasteiger charge is -2.13. The number of nitrogen functional groups attached to an aromatic ring is 1. The predicted molar refractivity (Wildman–Crippen MR) is 67.3 cm³/mol. The molecule has 5 heteroatoms. The third kappa shape index (κ3) is 1.84. The van der Waals surface area contributed by atoms with E-state index < -0.39 is 17.5 Å². The minimum atomic E-state index is -1.23. The number of halogens is 3. The second-order valence-corrected chi connectivity index (χ2v) is 4.89. The van der Waals surface area contributed by atoms with Crippen molar-refractivity contribution in [3.8, 4) is 0 Å².